The second-order valence-electron chi connectivity index (χ2n) is 7.76. The molecule has 0 saturated heterocycles. The highest BCUT2D eigenvalue weighted by Gasteiger charge is 2.15. The van der Waals surface area contributed by atoms with Gasteiger partial charge >= 0.3 is 11.8 Å². The van der Waals surface area contributed by atoms with Gasteiger partial charge in [0.2, 0.25) is 0 Å². The monoisotopic (exact) mass is 492 g/mol. The summed E-state index contributed by atoms with van der Waals surface area (Å²) in [6, 6.07) is 17.6. The molecule has 0 saturated carbocycles. The quantitative estimate of drug-likeness (QED) is 0.258. The Morgan fingerprint density at radius 3 is 2.31 bits per heavy atom. The van der Waals surface area contributed by atoms with Crippen LogP contribution in [-0.2, 0) is 14.4 Å². The zero-order chi connectivity index (χ0) is 25.4. The average Bonchev–Trinajstić information content (AvgIpc) is 2.83. The first-order chi connectivity index (χ1) is 16.7. The molecule has 0 bridgehead atoms. The summed E-state index contributed by atoms with van der Waals surface area (Å²) in [5.41, 5.74) is 6.44. The minimum atomic E-state index is -0.918. The predicted molar refractivity (Wildman–Crippen MR) is 137 cm³/mol. The van der Waals surface area contributed by atoms with E-state index in [2.05, 4.69) is 21.2 Å². The first-order valence-corrected chi connectivity index (χ1v) is 11.1. The van der Waals surface area contributed by atoms with Crippen LogP contribution in [0.1, 0.15) is 22.3 Å². The lowest BCUT2D eigenvalue weighted by Gasteiger charge is -2.11. The number of benzene rings is 3. The maximum atomic E-state index is 12.3. The summed E-state index contributed by atoms with van der Waals surface area (Å²) in [6.07, 6.45) is 1.33. The van der Waals surface area contributed by atoms with Gasteiger partial charge < -0.3 is 15.4 Å². The highest BCUT2D eigenvalue weighted by Crippen LogP contribution is 2.21. The number of hydrogen-bond acceptors (Lipinski definition) is 5. The van der Waals surface area contributed by atoms with E-state index in [1.165, 1.54) is 6.21 Å². The molecule has 8 nitrogen and oxygen atoms in total. The second kappa shape index (κ2) is 11.8. The number of para-hydroxylation sites is 2. The molecule has 0 unspecified atom stereocenters. The van der Waals surface area contributed by atoms with E-state index in [-0.39, 0.29) is 12.5 Å². The van der Waals surface area contributed by atoms with Crippen LogP contribution in [0.15, 0.2) is 65.8 Å². The second-order valence-corrected chi connectivity index (χ2v) is 8.17. The van der Waals surface area contributed by atoms with E-state index in [9.17, 15) is 14.4 Å². The van der Waals surface area contributed by atoms with E-state index >= 15 is 0 Å². The van der Waals surface area contributed by atoms with E-state index in [1.807, 2.05) is 39.0 Å². The van der Waals surface area contributed by atoms with Crippen molar-refractivity contribution in [2.75, 3.05) is 17.2 Å². The molecule has 35 heavy (non-hydrogen) atoms. The van der Waals surface area contributed by atoms with Crippen molar-refractivity contribution in [3.63, 3.8) is 0 Å². The van der Waals surface area contributed by atoms with Gasteiger partial charge in [0.05, 0.1) is 6.21 Å². The van der Waals surface area contributed by atoms with Crippen molar-refractivity contribution in [3.05, 3.63) is 87.9 Å². The van der Waals surface area contributed by atoms with E-state index in [4.69, 9.17) is 16.3 Å². The predicted octanol–water partition coefficient (Wildman–Crippen LogP) is 4.37. The number of carbonyl (C=O) groups is 3. The lowest BCUT2D eigenvalue weighted by molar-refractivity contribution is -0.136. The van der Waals surface area contributed by atoms with Gasteiger partial charge in [-0.1, -0.05) is 48.0 Å². The Morgan fingerprint density at radius 2 is 1.60 bits per heavy atom. The Labute approximate surface area is 208 Å². The third-order valence-corrected chi connectivity index (χ3v) is 5.44. The number of rotatable bonds is 7. The van der Waals surface area contributed by atoms with Gasteiger partial charge in [-0.2, -0.15) is 5.10 Å². The molecule has 0 atom stereocenters. The van der Waals surface area contributed by atoms with Gasteiger partial charge in [0.15, 0.2) is 6.61 Å². The molecule has 0 heterocycles. The molecular weight excluding hydrogens is 468 g/mol. The summed E-state index contributed by atoms with van der Waals surface area (Å²) < 4.78 is 5.61. The molecule has 0 aliphatic carbocycles. The van der Waals surface area contributed by atoms with Gasteiger partial charge in [0, 0.05) is 22.0 Å². The van der Waals surface area contributed by atoms with Crippen LogP contribution in [-0.4, -0.2) is 30.5 Å². The maximum absolute atomic E-state index is 12.3. The van der Waals surface area contributed by atoms with Crippen molar-refractivity contribution >= 4 is 46.9 Å². The molecule has 3 amide bonds. The number of ether oxygens (including phenoxy) is 1. The standard InChI is InChI=1S/C26H25ClN4O4/c1-16-11-12-20(13-21(16)27)29-23(32)15-35-22-10-5-4-9-19(22)14-28-31-26(34)25(33)30-24-17(2)7-6-8-18(24)3/h4-14H,15H2,1-3H3,(H,29,32)(H,30,33)(H,31,34)/b28-14-. The number of hydrogen-bond donors (Lipinski definition) is 3. The van der Waals surface area contributed by atoms with E-state index in [1.54, 1.807) is 42.5 Å². The number of aryl methyl sites for hydroxylation is 3. The fourth-order valence-corrected chi connectivity index (χ4v) is 3.30. The summed E-state index contributed by atoms with van der Waals surface area (Å²) in [6.45, 7) is 5.30. The number of nitrogens with one attached hydrogen (secondary N) is 3. The molecule has 9 heteroatoms. The zero-order valence-electron chi connectivity index (χ0n) is 19.5. The first-order valence-electron chi connectivity index (χ1n) is 10.7. The smallest absolute Gasteiger partial charge is 0.329 e. The van der Waals surface area contributed by atoms with Gasteiger partial charge in [-0.25, -0.2) is 5.43 Å². The number of anilines is 2. The summed E-state index contributed by atoms with van der Waals surface area (Å²) in [5.74, 6) is -1.74. The Morgan fingerprint density at radius 1 is 0.886 bits per heavy atom. The molecule has 0 aliphatic rings. The van der Waals surface area contributed by atoms with Gasteiger partial charge in [-0.05, 0) is 61.7 Å². The molecule has 180 valence electrons. The SMILES string of the molecule is Cc1ccc(NC(=O)COc2ccccc2/C=N\NC(=O)C(=O)Nc2c(C)cccc2C)cc1Cl. The van der Waals surface area contributed by atoms with Crippen LogP contribution in [0.2, 0.25) is 5.02 Å². The number of halogens is 1. The molecule has 0 radical (unpaired) electrons. The molecule has 0 spiro atoms. The number of amides is 3. The van der Waals surface area contributed by atoms with Crippen molar-refractivity contribution in [2.45, 2.75) is 20.8 Å². The van der Waals surface area contributed by atoms with Crippen molar-refractivity contribution in [1.29, 1.82) is 0 Å². The van der Waals surface area contributed by atoms with Crippen LogP contribution >= 0.6 is 11.6 Å². The topological polar surface area (TPSA) is 109 Å². The third kappa shape index (κ3) is 7.15. The summed E-state index contributed by atoms with van der Waals surface area (Å²) in [5, 5.41) is 9.70. The summed E-state index contributed by atoms with van der Waals surface area (Å²) in [4.78, 5) is 36.6. The van der Waals surface area contributed by atoms with Crippen molar-refractivity contribution < 1.29 is 19.1 Å². The zero-order valence-corrected chi connectivity index (χ0v) is 20.3. The lowest BCUT2D eigenvalue weighted by Crippen LogP contribution is -2.32. The Bertz CT molecular complexity index is 1270. The summed E-state index contributed by atoms with van der Waals surface area (Å²) in [7, 11) is 0. The molecule has 3 aromatic rings. The molecule has 3 N–H and O–H groups in total. The Balaban J connectivity index is 1.56. The highest BCUT2D eigenvalue weighted by molar-refractivity contribution is 6.39. The summed E-state index contributed by atoms with van der Waals surface area (Å²) >= 11 is 6.08. The van der Waals surface area contributed by atoms with Crippen LogP contribution in [0.3, 0.4) is 0 Å². The first kappa shape index (κ1) is 25.5. The lowest BCUT2D eigenvalue weighted by atomic mass is 10.1. The third-order valence-electron chi connectivity index (χ3n) is 5.03. The molecule has 3 aromatic carbocycles. The van der Waals surface area contributed by atoms with Crippen molar-refractivity contribution in [3.8, 4) is 5.75 Å². The number of carbonyl (C=O) groups excluding carboxylic acids is 3. The van der Waals surface area contributed by atoms with Crippen molar-refractivity contribution in [1.82, 2.24) is 5.43 Å². The van der Waals surface area contributed by atoms with Crippen LogP contribution in [0.25, 0.3) is 0 Å². The minimum absolute atomic E-state index is 0.249. The van der Waals surface area contributed by atoms with Gasteiger partial charge in [0.1, 0.15) is 5.75 Å². The van der Waals surface area contributed by atoms with Gasteiger partial charge in [-0.15, -0.1) is 0 Å². The fourth-order valence-electron chi connectivity index (χ4n) is 3.12. The van der Waals surface area contributed by atoms with Crippen LogP contribution < -0.4 is 20.8 Å². The molecule has 0 aliphatic heterocycles. The van der Waals surface area contributed by atoms with Gasteiger partial charge in [-0.3, -0.25) is 14.4 Å². The van der Waals surface area contributed by atoms with E-state index < -0.39 is 11.8 Å². The van der Waals surface area contributed by atoms with E-state index in [0.29, 0.717) is 27.7 Å². The number of nitrogens with zero attached hydrogens (tertiary/aromatic N) is 1. The Kier molecular flexibility index (Phi) is 8.58. The average molecular weight is 493 g/mol. The number of hydrazone groups is 1. The maximum Gasteiger partial charge on any atom is 0.329 e. The Hall–Kier alpha value is -4.17. The minimum Gasteiger partial charge on any atom is -0.483 e. The van der Waals surface area contributed by atoms with E-state index in [0.717, 1.165) is 16.7 Å². The molecule has 0 aromatic heterocycles. The molecule has 0 fully saturated rings. The highest BCUT2D eigenvalue weighted by atomic mass is 35.5. The molecule has 3 rings (SSSR count). The largest absolute Gasteiger partial charge is 0.483 e. The van der Waals surface area contributed by atoms with Crippen LogP contribution in [0, 0.1) is 20.8 Å². The van der Waals surface area contributed by atoms with Crippen molar-refractivity contribution in [2.24, 2.45) is 5.10 Å². The van der Waals surface area contributed by atoms with Crippen LogP contribution in [0.5, 0.6) is 5.75 Å². The molecular formula is C26H25ClN4O4. The van der Waals surface area contributed by atoms with Gasteiger partial charge in [0.25, 0.3) is 5.91 Å². The normalized spacial score (nSPS) is 10.6. The fraction of sp³-hybridized carbons (Fsp3) is 0.154. The van der Waals surface area contributed by atoms with Crippen LogP contribution in [0.4, 0.5) is 11.4 Å².